The Kier molecular flexibility index (Phi) is 6.65. The molecule has 0 amide bonds. The molecule has 0 fully saturated rings. The van der Waals surface area contributed by atoms with Crippen molar-refractivity contribution in [2.45, 2.75) is 32.2 Å². The van der Waals surface area contributed by atoms with Gasteiger partial charge in [0.2, 0.25) is 0 Å². The second kappa shape index (κ2) is 6.43. The lowest BCUT2D eigenvalue weighted by molar-refractivity contribution is 0.618. The smallest absolute Gasteiger partial charge is 0.00104 e. The van der Waals surface area contributed by atoms with E-state index in [0.29, 0.717) is 6.04 Å². The number of thioether (sulfide) groups is 1. The van der Waals surface area contributed by atoms with E-state index in [4.69, 9.17) is 5.73 Å². The molecule has 0 saturated carbocycles. The predicted octanol–water partition coefficient (Wildman–Crippen LogP) is 1.87. The van der Waals surface area contributed by atoms with Crippen LogP contribution in [0.4, 0.5) is 0 Å². The summed E-state index contributed by atoms with van der Waals surface area (Å²) in [6.45, 7) is 2.07. The maximum absolute atomic E-state index is 5.57. The van der Waals surface area contributed by atoms with Crippen LogP contribution in [-0.2, 0) is 0 Å². The van der Waals surface area contributed by atoms with E-state index in [1.807, 2.05) is 11.8 Å². The van der Waals surface area contributed by atoms with Crippen LogP contribution >= 0.6 is 11.8 Å². The Hall–Kier alpha value is 0.310. The molecule has 9 heavy (non-hydrogen) atoms. The van der Waals surface area contributed by atoms with Crippen LogP contribution in [0.2, 0.25) is 0 Å². The van der Waals surface area contributed by atoms with Crippen LogP contribution in [0.15, 0.2) is 0 Å². The van der Waals surface area contributed by atoms with Crippen molar-refractivity contribution in [1.82, 2.24) is 0 Å². The van der Waals surface area contributed by atoms with E-state index in [2.05, 4.69) is 13.2 Å². The van der Waals surface area contributed by atoms with Crippen molar-refractivity contribution in [1.29, 1.82) is 0 Å². The standard InChI is InChI=1S/C7H17NS/c1-7(8)5-3-4-6-9-2/h7H,3-6,8H2,1-2H3/t7-/m1/s1. The van der Waals surface area contributed by atoms with E-state index in [1.165, 1.54) is 25.0 Å². The highest BCUT2D eigenvalue weighted by atomic mass is 32.2. The molecule has 2 N–H and O–H groups in total. The van der Waals surface area contributed by atoms with Gasteiger partial charge in [-0.3, -0.25) is 0 Å². The molecule has 1 nitrogen and oxygen atoms in total. The molecule has 0 bridgehead atoms. The predicted molar refractivity (Wildman–Crippen MR) is 45.9 cm³/mol. The van der Waals surface area contributed by atoms with Gasteiger partial charge in [-0.15, -0.1) is 0 Å². The van der Waals surface area contributed by atoms with Gasteiger partial charge >= 0.3 is 0 Å². The van der Waals surface area contributed by atoms with E-state index in [1.54, 1.807) is 0 Å². The summed E-state index contributed by atoms with van der Waals surface area (Å²) < 4.78 is 0. The molecule has 0 spiro atoms. The van der Waals surface area contributed by atoms with Gasteiger partial charge in [0.1, 0.15) is 0 Å². The van der Waals surface area contributed by atoms with Crippen LogP contribution in [0.25, 0.3) is 0 Å². The lowest BCUT2D eigenvalue weighted by atomic mass is 10.2. The second-order valence-electron chi connectivity index (χ2n) is 2.47. The third kappa shape index (κ3) is 8.31. The Labute approximate surface area is 62.4 Å². The second-order valence-corrected chi connectivity index (χ2v) is 3.45. The largest absolute Gasteiger partial charge is 0.328 e. The van der Waals surface area contributed by atoms with Crippen molar-refractivity contribution < 1.29 is 0 Å². The van der Waals surface area contributed by atoms with Crippen LogP contribution in [0.1, 0.15) is 26.2 Å². The lowest BCUT2D eigenvalue weighted by Crippen LogP contribution is -2.13. The van der Waals surface area contributed by atoms with Crippen molar-refractivity contribution in [3.8, 4) is 0 Å². The summed E-state index contributed by atoms with van der Waals surface area (Å²) in [5, 5.41) is 0. The van der Waals surface area contributed by atoms with E-state index in [-0.39, 0.29) is 0 Å². The molecule has 1 atom stereocenters. The maximum Gasteiger partial charge on any atom is 0.00104 e. The summed E-state index contributed by atoms with van der Waals surface area (Å²) >= 11 is 1.91. The molecule has 0 saturated heterocycles. The fraction of sp³-hybridized carbons (Fsp3) is 1.00. The number of nitrogens with two attached hydrogens (primary N) is 1. The monoisotopic (exact) mass is 147 g/mol. The molecule has 0 aromatic heterocycles. The molecular weight excluding hydrogens is 130 g/mol. The van der Waals surface area contributed by atoms with Crippen LogP contribution in [0.3, 0.4) is 0 Å². The summed E-state index contributed by atoms with van der Waals surface area (Å²) in [6, 6.07) is 0.395. The molecule has 0 heterocycles. The fourth-order valence-electron chi connectivity index (χ4n) is 0.713. The summed E-state index contributed by atoms with van der Waals surface area (Å²) in [7, 11) is 0. The third-order valence-electron chi connectivity index (χ3n) is 1.26. The first kappa shape index (κ1) is 9.31. The Morgan fingerprint density at radius 2 is 2.11 bits per heavy atom. The van der Waals surface area contributed by atoms with Gasteiger partial charge in [0, 0.05) is 6.04 Å². The highest BCUT2D eigenvalue weighted by molar-refractivity contribution is 7.98. The normalized spacial score (nSPS) is 13.7. The number of hydrogen-bond donors (Lipinski definition) is 1. The fourth-order valence-corrected chi connectivity index (χ4v) is 1.21. The van der Waals surface area contributed by atoms with Gasteiger partial charge in [0.15, 0.2) is 0 Å². The van der Waals surface area contributed by atoms with Crippen LogP contribution in [0, 0.1) is 0 Å². The minimum absolute atomic E-state index is 0.395. The molecule has 2 heteroatoms. The quantitative estimate of drug-likeness (QED) is 0.601. The van der Waals surface area contributed by atoms with Gasteiger partial charge in [-0.1, -0.05) is 6.42 Å². The Balaban J connectivity index is 2.75. The van der Waals surface area contributed by atoms with E-state index in [9.17, 15) is 0 Å². The van der Waals surface area contributed by atoms with Crippen LogP contribution in [-0.4, -0.2) is 18.1 Å². The van der Waals surface area contributed by atoms with Gasteiger partial charge in [-0.2, -0.15) is 11.8 Å². The first-order valence-electron chi connectivity index (χ1n) is 3.52. The zero-order chi connectivity index (χ0) is 7.11. The highest BCUT2D eigenvalue weighted by Crippen LogP contribution is 2.03. The van der Waals surface area contributed by atoms with Gasteiger partial charge in [-0.25, -0.2) is 0 Å². The highest BCUT2D eigenvalue weighted by Gasteiger charge is 1.92. The van der Waals surface area contributed by atoms with Gasteiger partial charge < -0.3 is 5.73 Å². The van der Waals surface area contributed by atoms with Crippen molar-refractivity contribution >= 4 is 11.8 Å². The molecule has 0 aromatic carbocycles. The van der Waals surface area contributed by atoms with Crippen molar-refractivity contribution in [3.63, 3.8) is 0 Å². The summed E-state index contributed by atoms with van der Waals surface area (Å²) in [5.41, 5.74) is 5.57. The summed E-state index contributed by atoms with van der Waals surface area (Å²) in [6.07, 6.45) is 5.94. The number of rotatable bonds is 5. The maximum atomic E-state index is 5.57. The average molecular weight is 147 g/mol. The SMILES string of the molecule is CSCCCC[C@@H](C)N. The van der Waals surface area contributed by atoms with Crippen LogP contribution in [0.5, 0.6) is 0 Å². The molecule has 0 rings (SSSR count). The topological polar surface area (TPSA) is 26.0 Å². The molecule has 0 aliphatic carbocycles. The van der Waals surface area contributed by atoms with Gasteiger partial charge in [-0.05, 0) is 31.8 Å². The zero-order valence-electron chi connectivity index (χ0n) is 6.39. The Morgan fingerprint density at radius 3 is 2.56 bits per heavy atom. The first-order valence-corrected chi connectivity index (χ1v) is 4.91. The molecule has 0 aromatic rings. The zero-order valence-corrected chi connectivity index (χ0v) is 7.21. The summed E-state index contributed by atoms with van der Waals surface area (Å²) in [4.78, 5) is 0. The third-order valence-corrected chi connectivity index (χ3v) is 1.95. The first-order chi connectivity index (χ1) is 4.27. The van der Waals surface area contributed by atoms with E-state index < -0.39 is 0 Å². The summed E-state index contributed by atoms with van der Waals surface area (Å²) in [5.74, 6) is 1.28. The average Bonchev–Trinajstić information content (AvgIpc) is 1.80. The minimum atomic E-state index is 0.395. The lowest BCUT2D eigenvalue weighted by Gasteiger charge is -2.02. The van der Waals surface area contributed by atoms with Crippen molar-refractivity contribution in [2.24, 2.45) is 5.73 Å². The molecule has 0 aliphatic heterocycles. The molecular formula is C7H17NS. The van der Waals surface area contributed by atoms with Crippen molar-refractivity contribution in [2.75, 3.05) is 12.0 Å². The number of unbranched alkanes of at least 4 members (excludes halogenated alkanes) is 1. The van der Waals surface area contributed by atoms with E-state index >= 15 is 0 Å². The molecule has 0 unspecified atom stereocenters. The number of hydrogen-bond acceptors (Lipinski definition) is 2. The van der Waals surface area contributed by atoms with Crippen LogP contribution < -0.4 is 5.73 Å². The Bertz CT molecular complexity index is 54.9. The van der Waals surface area contributed by atoms with Gasteiger partial charge in [0.05, 0.1) is 0 Å². The minimum Gasteiger partial charge on any atom is -0.328 e. The Morgan fingerprint density at radius 1 is 1.44 bits per heavy atom. The van der Waals surface area contributed by atoms with Gasteiger partial charge in [0.25, 0.3) is 0 Å². The molecule has 0 radical (unpaired) electrons. The molecule has 0 aliphatic rings. The van der Waals surface area contributed by atoms with Crippen molar-refractivity contribution in [3.05, 3.63) is 0 Å². The molecule has 56 valence electrons. The van der Waals surface area contributed by atoms with E-state index in [0.717, 1.165) is 0 Å².